The number of fused-ring (bicyclic) bond motifs is 6. The van der Waals surface area contributed by atoms with Crippen LogP contribution in [0, 0.1) is 49.4 Å². The first kappa shape index (κ1) is 63.7. The highest BCUT2D eigenvalue weighted by Crippen LogP contribution is 2.40. The van der Waals surface area contributed by atoms with Crippen molar-refractivity contribution in [2.45, 2.75) is 38.3 Å². The van der Waals surface area contributed by atoms with Crippen LogP contribution in [0.4, 0.5) is 0 Å². The summed E-state index contributed by atoms with van der Waals surface area (Å²) in [4.78, 5) is 111. The second-order valence-electron chi connectivity index (χ2n) is 22.4. The van der Waals surface area contributed by atoms with E-state index in [1.165, 1.54) is 72.8 Å². The van der Waals surface area contributed by atoms with Crippen molar-refractivity contribution >= 4 is 68.8 Å². The van der Waals surface area contributed by atoms with E-state index >= 15 is 0 Å². The predicted molar refractivity (Wildman–Crippen MR) is 342 cm³/mol. The summed E-state index contributed by atoms with van der Waals surface area (Å²) in [5.74, 6) is 5.50. The molecule has 8 amide bonds. The van der Waals surface area contributed by atoms with Crippen molar-refractivity contribution < 1.29 is 77.7 Å². The number of hydrogen-bond acceptors (Lipinski definition) is 16. The maximum Gasteiger partial charge on any atom is 0.261 e. The van der Waals surface area contributed by atoms with E-state index in [0.717, 1.165) is 19.6 Å². The van der Waals surface area contributed by atoms with E-state index in [-0.39, 0.29) is 81.4 Å². The Morgan fingerprint density at radius 1 is 0.330 bits per heavy atom. The minimum atomic E-state index is -1.45. The molecule has 0 aliphatic carbocycles. The van der Waals surface area contributed by atoms with Crippen LogP contribution in [0.15, 0.2) is 133 Å². The van der Waals surface area contributed by atoms with Gasteiger partial charge in [0.25, 0.3) is 47.3 Å². The van der Waals surface area contributed by atoms with E-state index in [9.17, 15) is 58.8 Å². The van der Waals surface area contributed by atoms with Gasteiger partial charge in [-0.3, -0.25) is 58.0 Å². The van der Waals surface area contributed by atoms with Crippen LogP contribution in [0.2, 0.25) is 0 Å². The lowest BCUT2D eigenvalue weighted by Crippen LogP contribution is -2.39. The Hall–Kier alpha value is -11.9. The minimum absolute atomic E-state index is 0. The Morgan fingerprint density at radius 3 is 0.862 bits per heavy atom. The number of aliphatic hydroxyl groups is 4. The van der Waals surface area contributed by atoms with E-state index < -0.39 is 124 Å². The molecule has 0 saturated carbocycles. The largest absolute Gasteiger partial charge is 0.491 e. The summed E-state index contributed by atoms with van der Waals surface area (Å²) >= 11 is 0. The molecular weight excluding hydrogens is 1200 g/mol. The summed E-state index contributed by atoms with van der Waals surface area (Å²) < 4.78 is 25.3. The molecule has 0 saturated heterocycles. The van der Waals surface area contributed by atoms with E-state index in [4.69, 9.17) is 44.6 Å². The first-order chi connectivity index (χ1) is 44.8. The third-order valence-corrected chi connectivity index (χ3v) is 16.3. The number of hydrogen-bond donors (Lipinski definition) is 4. The van der Waals surface area contributed by atoms with Gasteiger partial charge in [0.05, 0.1) is 70.7 Å². The molecule has 20 heteroatoms. The first-order valence-electron chi connectivity index (χ1n) is 29.1. The second kappa shape index (κ2) is 26.1. The SMILES string of the molecule is C.C#Cc1ccc2c(c1)C(=O)N(CC(O)COc1ccc3ccc(OCC(O)CN4C(=O)c5ccc(C#C)cc5C4=O)c(Cc4c(OCC(O)CN5C(=O)c6ccc(C#C)cc6C5=O)ccc5ccc(OCC(O)CN6C(=O)c7ccc(C#C)cc7C6=O)cc45)c3c1)C2=O. The summed E-state index contributed by atoms with van der Waals surface area (Å²) in [5, 5.41) is 48.0. The average molecular weight is 1260 g/mol. The third-order valence-electron chi connectivity index (χ3n) is 16.3. The van der Waals surface area contributed by atoms with Crippen LogP contribution >= 0.6 is 0 Å². The number of aliphatic hydroxyl groups excluding tert-OH is 4. The maximum absolute atomic E-state index is 13.6. The standard InChI is InChI=1S/C73H52N4O16.CH4/c1-5-40-9-19-52-60(25-40)70(86)74(66(52)82)32-46(78)36-90-50-17-13-44-15-23-64(92-38-48(80)34-76-68(84)54-21-11-42(7-3)27-62(54)72(76)88)58(56(44)29-50)31-59-57-30-51(91-37-47(79)33-75-67(83)53-20-10-41(6-2)26-61(53)71(75)87)18-14-45(57)16-24-65(59)93-39-49(81)35-77-69(85)55-22-12-43(8-4)28-63(55)73(77)89;/h1-4,9-30,46-49,78-81H,31-39H2;1H4. The maximum atomic E-state index is 13.6. The van der Waals surface area contributed by atoms with Crippen LogP contribution in [-0.2, 0) is 6.42 Å². The van der Waals surface area contributed by atoms with E-state index in [2.05, 4.69) is 23.7 Å². The average Bonchev–Trinajstić information content (AvgIpc) is 1.02. The second-order valence-corrected chi connectivity index (χ2v) is 22.4. The lowest BCUT2D eigenvalue weighted by Gasteiger charge is -2.23. The lowest BCUT2D eigenvalue weighted by molar-refractivity contribution is 0.0449. The minimum Gasteiger partial charge on any atom is -0.491 e. The Bertz CT molecular complexity index is 4450. The number of carbonyl (C=O) groups excluding carboxylic acids is 8. The Balaban J connectivity index is 0.00000901. The molecule has 8 aromatic rings. The first-order valence-corrected chi connectivity index (χ1v) is 29.1. The highest BCUT2D eigenvalue weighted by Gasteiger charge is 2.41. The fourth-order valence-electron chi connectivity index (χ4n) is 11.7. The zero-order valence-corrected chi connectivity index (χ0v) is 49.2. The molecule has 0 bridgehead atoms. The quantitative estimate of drug-likeness (QED) is 0.0429. The normalized spacial score (nSPS) is 15.0. The van der Waals surface area contributed by atoms with Gasteiger partial charge in [0, 0.05) is 39.8 Å². The molecule has 12 rings (SSSR count). The predicted octanol–water partition coefficient (Wildman–Crippen LogP) is 6.29. The van der Waals surface area contributed by atoms with Crippen molar-refractivity contribution in [2.75, 3.05) is 52.6 Å². The van der Waals surface area contributed by atoms with Gasteiger partial charge >= 0.3 is 0 Å². The van der Waals surface area contributed by atoms with Gasteiger partial charge in [-0.2, -0.15) is 0 Å². The topological polar surface area (TPSA) is 267 Å². The number of imide groups is 4. The molecule has 4 N–H and O–H groups in total. The Kier molecular flexibility index (Phi) is 17.7. The molecule has 0 fully saturated rings. The molecule has 468 valence electrons. The zero-order chi connectivity index (χ0) is 65.5. The summed E-state index contributed by atoms with van der Waals surface area (Å²) in [6.07, 6.45) is 16.5. The van der Waals surface area contributed by atoms with Gasteiger partial charge in [0.2, 0.25) is 0 Å². The van der Waals surface area contributed by atoms with Gasteiger partial charge in [0.1, 0.15) is 73.8 Å². The Morgan fingerprint density at radius 2 is 0.585 bits per heavy atom. The molecule has 0 radical (unpaired) electrons. The molecule has 20 nitrogen and oxygen atoms in total. The monoisotopic (exact) mass is 1260 g/mol. The summed E-state index contributed by atoms with van der Waals surface area (Å²) in [5.41, 5.74) is 3.33. The number of amides is 8. The smallest absolute Gasteiger partial charge is 0.261 e. The van der Waals surface area contributed by atoms with Gasteiger partial charge in [-0.1, -0.05) is 55.4 Å². The molecule has 94 heavy (non-hydrogen) atoms. The van der Waals surface area contributed by atoms with Crippen molar-refractivity contribution in [3.8, 4) is 72.4 Å². The summed E-state index contributed by atoms with van der Waals surface area (Å²) in [6, 6.07) is 34.5. The van der Waals surface area contributed by atoms with Crippen LogP contribution in [0.5, 0.6) is 23.0 Å². The van der Waals surface area contributed by atoms with Crippen LogP contribution < -0.4 is 18.9 Å². The van der Waals surface area contributed by atoms with Crippen LogP contribution in [0.25, 0.3) is 21.5 Å². The molecule has 0 spiro atoms. The number of rotatable bonds is 22. The molecule has 0 aromatic heterocycles. The van der Waals surface area contributed by atoms with E-state index in [1.807, 2.05) is 0 Å². The third kappa shape index (κ3) is 12.0. The number of ether oxygens (including phenoxy) is 4. The fourth-order valence-corrected chi connectivity index (χ4v) is 11.7. The zero-order valence-electron chi connectivity index (χ0n) is 49.2. The number of carbonyl (C=O) groups is 8. The number of β-amino-alcohol motifs (C(OH)–C–C–N with tert-alkyl or cyclic N) is 4. The van der Waals surface area contributed by atoms with E-state index in [1.54, 1.807) is 60.7 Å². The molecule has 4 unspecified atom stereocenters. The van der Waals surface area contributed by atoms with Crippen LogP contribution in [-0.4, -0.2) is 164 Å². The number of benzene rings is 8. The molecule has 4 aliphatic heterocycles. The van der Waals surface area contributed by atoms with Crippen LogP contribution in [0.3, 0.4) is 0 Å². The fraction of sp³-hybridized carbons (Fsp3) is 0.189. The van der Waals surface area contributed by atoms with Crippen molar-refractivity contribution in [3.63, 3.8) is 0 Å². The van der Waals surface area contributed by atoms with Crippen molar-refractivity contribution in [1.82, 2.24) is 19.6 Å². The van der Waals surface area contributed by atoms with Gasteiger partial charge in [-0.15, -0.1) is 25.7 Å². The molecule has 4 heterocycles. The van der Waals surface area contributed by atoms with E-state index in [0.29, 0.717) is 54.9 Å². The molecule has 4 atom stereocenters. The molecule has 4 aliphatic rings. The Labute approximate surface area is 538 Å². The van der Waals surface area contributed by atoms with Gasteiger partial charge < -0.3 is 39.4 Å². The summed E-state index contributed by atoms with van der Waals surface area (Å²) in [7, 11) is 0. The molecular formula is C74H56N4O16. The van der Waals surface area contributed by atoms with Gasteiger partial charge in [-0.05, 0) is 131 Å². The highest BCUT2D eigenvalue weighted by atomic mass is 16.5. The van der Waals surface area contributed by atoms with Crippen molar-refractivity contribution in [3.05, 3.63) is 211 Å². The van der Waals surface area contributed by atoms with Gasteiger partial charge in [0.15, 0.2) is 0 Å². The number of nitrogens with zero attached hydrogens (tertiary/aromatic N) is 4. The van der Waals surface area contributed by atoms with Crippen LogP contribution in [0.1, 0.15) is 124 Å². The van der Waals surface area contributed by atoms with Crippen molar-refractivity contribution in [2.24, 2.45) is 0 Å². The lowest BCUT2D eigenvalue weighted by atomic mass is 9.93. The number of terminal acetylenes is 4. The van der Waals surface area contributed by atoms with Crippen molar-refractivity contribution in [1.29, 1.82) is 0 Å². The highest BCUT2D eigenvalue weighted by molar-refractivity contribution is 6.24. The molecule has 8 aromatic carbocycles. The van der Waals surface area contributed by atoms with Gasteiger partial charge in [-0.25, -0.2) is 0 Å². The summed E-state index contributed by atoms with van der Waals surface area (Å²) in [6.45, 7) is -3.49.